The van der Waals surface area contributed by atoms with Crippen LogP contribution < -0.4 is 26.6 Å². The molecule has 216 valence electrons. The molecule has 1 aliphatic heterocycles. The fourth-order valence-corrected chi connectivity index (χ4v) is 6.07. The number of nitrogens with one attached hydrogen (secondary N) is 3. The van der Waals surface area contributed by atoms with E-state index in [1.807, 2.05) is 73.8 Å². The van der Waals surface area contributed by atoms with E-state index in [-0.39, 0.29) is 17.8 Å². The predicted molar refractivity (Wildman–Crippen MR) is 168 cm³/mol. The number of carbonyl (C=O) groups excluding carboxylic acids is 3. The topological polar surface area (TPSA) is 117 Å². The summed E-state index contributed by atoms with van der Waals surface area (Å²) >= 11 is 3.21. The van der Waals surface area contributed by atoms with Crippen molar-refractivity contribution in [3.63, 3.8) is 0 Å². The summed E-state index contributed by atoms with van der Waals surface area (Å²) < 4.78 is 0. The minimum Gasteiger partial charge on any atom is -0.342 e. The first-order valence-electron chi connectivity index (χ1n) is 13.5. The molecule has 1 heterocycles. The van der Waals surface area contributed by atoms with Crippen LogP contribution in [0.15, 0.2) is 76.5 Å². The molecule has 0 saturated carbocycles. The van der Waals surface area contributed by atoms with E-state index in [4.69, 9.17) is 5.73 Å². The highest BCUT2D eigenvalue weighted by Crippen LogP contribution is 2.38. The van der Waals surface area contributed by atoms with E-state index < -0.39 is 11.6 Å². The highest BCUT2D eigenvalue weighted by molar-refractivity contribution is 8.00. The van der Waals surface area contributed by atoms with Gasteiger partial charge >= 0.3 is 6.03 Å². The van der Waals surface area contributed by atoms with E-state index in [0.29, 0.717) is 25.4 Å². The van der Waals surface area contributed by atoms with Gasteiger partial charge in [-0.1, -0.05) is 48.5 Å². The third kappa shape index (κ3) is 7.63. The molecule has 4 rings (SSSR count). The van der Waals surface area contributed by atoms with Gasteiger partial charge in [-0.15, -0.1) is 23.5 Å². The molecule has 1 aliphatic rings. The fourth-order valence-electron chi connectivity index (χ4n) is 4.45. The van der Waals surface area contributed by atoms with E-state index in [0.717, 1.165) is 37.7 Å². The van der Waals surface area contributed by atoms with Gasteiger partial charge in [-0.3, -0.25) is 9.59 Å². The molecule has 0 radical (unpaired) electrons. The monoisotopic (exact) mass is 591 g/mol. The molecule has 5 N–H and O–H groups in total. The molecular weight excluding hydrogens is 555 g/mol. The van der Waals surface area contributed by atoms with Crippen LogP contribution in [-0.4, -0.2) is 48.0 Å². The third-order valence-corrected chi connectivity index (χ3v) is 8.58. The minimum absolute atomic E-state index is 0.170. The van der Waals surface area contributed by atoms with Crippen molar-refractivity contribution in [1.82, 2.24) is 16.0 Å². The molecule has 1 atom stereocenters. The maximum Gasteiger partial charge on any atom is 0.315 e. The molecule has 0 bridgehead atoms. The number of amides is 4. The van der Waals surface area contributed by atoms with Gasteiger partial charge in [0, 0.05) is 28.6 Å². The molecule has 0 spiro atoms. The van der Waals surface area contributed by atoms with Crippen molar-refractivity contribution >= 4 is 47.1 Å². The molecule has 0 unspecified atom stereocenters. The van der Waals surface area contributed by atoms with Gasteiger partial charge in [0.1, 0.15) is 6.04 Å². The molecule has 3 aromatic rings. The summed E-state index contributed by atoms with van der Waals surface area (Å²) in [5.74, 6) is -0.115. The first kappa shape index (κ1) is 30.5. The van der Waals surface area contributed by atoms with Gasteiger partial charge in [0.05, 0.1) is 17.8 Å². The molecule has 0 aliphatic carbocycles. The van der Waals surface area contributed by atoms with E-state index >= 15 is 0 Å². The van der Waals surface area contributed by atoms with Crippen molar-refractivity contribution in [1.29, 1.82) is 0 Å². The average Bonchev–Trinajstić information content (AvgIpc) is 3.08. The number of benzene rings is 3. The number of hydrogen-bond acceptors (Lipinski definition) is 6. The molecule has 8 nitrogen and oxygen atoms in total. The fraction of sp³-hybridized carbons (Fsp3) is 0.323. The predicted octanol–water partition coefficient (Wildman–Crippen LogP) is 4.76. The Morgan fingerprint density at radius 3 is 2.49 bits per heavy atom. The molecule has 0 saturated heterocycles. The van der Waals surface area contributed by atoms with Crippen LogP contribution in [0.3, 0.4) is 0 Å². The summed E-state index contributed by atoms with van der Waals surface area (Å²) in [6.45, 7) is 6.46. The number of carbonyl (C=O) groups is 3. The summed E-state index contributed by atoms with van der Waals surface area (Å²) in [4.78, 5) is 42.3. The number of nitrogens with zero attached hydrogens (tertiary/aromatic N) is 1. The number of nitrogens with two attached hydrogens (primary N) is 1. The number of urea groups is 1. The number of thioether (sulfide) groups is 2. The van der Waals surface area contributed by atoms with Crippen LogP contribution in [0.1, 0.15) is 31.9 Å². The number of fused-ring (bicyclic) bond motifs is 1. The van der Waals surface area contributed by atoms with Crippen LogP contribution in [0.4, 0.5) is 10.5 Å². The van der Waals surface area contributed by atoms with Gasteiger partial charge in [0.15, 0.2) is 0 Å². The van der Waals surface area contributed by atoms with Gasteiger partial charge in [0.2, 0.25) is 5.91 Å². The van der Waals surface area contributed by atoms with E-state index in [9.17, 15) is 14.4 Å². The van der Waals surface area contributed by atoms with Crippen molar-refractivity contribution in [3.8, 4) is 11.1 Å². The zero-order valence-electron chi connectivity index (χ0n) is 23.8. The number of rotatable bonds is 9. The lowest BCUT2D eigenvalue weighted by molar-refractivity contribution is -0.129. The standard InChI is InChI=1S/C31H37N5O3S2/c1-5-33-30(39)34-17-22-8-6-7-9-24(22)21-12-10-20(11-13-21)18-36-26-15-14-23(40-4)16-27(26)41-19-25(28(36)37)35-29(38)31(2,3)32/h6-16,25H,5,17-19,32H2,1-4H3,(H,35,38)(H2,33,34,39)/t25-/m1/s1. The van der Waals surface area contributed by atoms with Gasteiger partial charge < -0.3 is 26.6 Å². The maximum absolute atomic E-state index is 13.8. The summed E-state index contributed by atoms with van der Waals surface area (Å²) in [5.41, 5.74) is 9.74. The van der Waals surface area contributed by atoms with Crippen molar-refractivity contribution in [2.75, 3.05) is 23.5 Å². The second-order valence-electron chi connectivity index (χ2n) is 10.4. The van der Waals surface area contributed by atoms with Crippen LogP contribution in [0, 0.1) is 0 Å². The van der Waals surface area contributed by atoms with E-state index in [1.165, 1.54) is 0 Å². The average molecular weight is 592 g/mol. The third-order valence-electron chi connectivity index (χ3n) is 6.72. The van der Waals surface area contributed by atoms with E-state index in [2.05, 4.69) is 22.0 Å². The highest BCUT2D eigenvalue weighted by atomic mass is 32.2. The highest BCUT2D eigenvalue weighted by Gasteiger charge is 2.34. The van der Waals surface area contributed by atoms with Crippen molar-refractivity contribution in [2.45, 2.75) is 55.2 Å². The maximum atomic E-state index is 13.8. The molecule has 0 fully saturated rings. The largest absolute Gasteiger partial charge is 0.342 e. The summed E-state index contributed by atoms with van der Waals surface area (Å²) in [7, 11) is 0. The van der Waals surface area contributed by atoms with Crippen LogP contribution in [0.25, 0.3) is 11.1 Å². The smallest absolute Gasteiger partial charge is 0.315 e. The molecule has 41 heavy (non-hydrogen) atoms. The van der Waals surface area contributed by atoms with Crippen LogP contribution in [0.5, 0.6) is 0 Å². The quantitative estimate of drug-likeness (QED) is 0.267. The molecule has 4 amide bonds. The Bertz CT molecular complexity index is 1410. The molecular formula is C31H37N5O3S2. The Morgan fingerprint density at radius 1 is 1.07 bits per heavy atom. The van der Waals surface area contributed by atoms with Crippen LogP contribution in [-0.2, 0) is 22.7 Å². The normalized spacial score (nSPS) is 15.1. The van der Waals surface area contributed by atoms with Gasteiger partial charge in [-0.05, 0) is 67.5 Å². The molecule has 3 aromatic carbocycles. The van der Waals surface area contributed by atoms with Gasteiger partial charge in [-0.25, -0.2) is 4.79 Å². The van der Waals surface area contributed by atoms with Crippen LogP contribution >= 0.6 is 23.5 Å². The van der Waals surface area contributed by atoms with Crippen molar-refractivity contribution in [3.05, 3.63) is 77.9 Å². The second kappa shape index (κ2) is 13.5. The zero-order chi connectivity index (χ0) is 29.6. The van der Waals surface area contributed by atoms with Crippen LogP contribution in [0.2, 0.25) is 0 Å². The number of anilines is 1. The molecule has 0 aromatic heterocycles. The van der Waals surface area contributed by atoms with Crippen molar-refractivity contribution < 1.29 is 14.4 Å². The Balaban J connectivity index is 1.59. The lowest BCUT2D eigenvalue weighted by Crippen LogP contribution is -2.56. The van der Waals surface area contributed by atoms with Crippen molar-refractivity contribution in [2.24, 2.45) is 5.73 Å². The Labute approximate surface area is 250 Å². The lowest BCUT2D eigenvalue weighted by Gasteiger charge is -2.28. The Kier molecular flexibility index (Phi) is 10.0. The first-order chi connectivity index (χ1) is 19.6. The second-order valence-corrected chi connectivity index (χ2v) is 12.3. The lowest BCUT2D eigenvalue weighted by atomic mass is 9.98. The molecule has 10 heteroatoms. The SMILES string of the molecule is CCNC(=O)NCc1ccccc1-c1ccc(CN2C(=O)[C@H](NC(=O)C(C)(C)N)CSc3cc(SC)ccc32)cc1. The summed E-state index contributed by atoms with van der Waals surface area (Å²) in [6.07, 6.45) is 2.02. The van der Waals surface area contributed by atoms with Gasteiger partial charge in [-0.2, -0.15) is 0 Å². The first-order valence-corrected chi connectivity index (χ1v) is 15.7. The summed E-state index contributed by atoms with van der Waals surface area (Å²) in [6, 6.07) is 21.2. The zero-order valence-corrected chi connectivity index (χ0v) is 25.5. The Morgan fingerprint density at radius 2 is 1.80 bits per heavy atom. The number of hydrogen-bond donors (Lipinski definition) is 4. The summed E-state index contributed by atoms with van der Waals surface area (Å²) in [5, 5.41) is 8.52. The van der Waals surface area contributed by atoms with Gasteiger partial charge in [0.25, 0.3) is 5.91 Å². The Hall–Kier alpha value is -3.47. The minimum atomic E-state index is -1.09. The van der Waals surface area contributed by atoms with E-state index in [1.54, 1.807) is 42.3 Å².